The van der Waals surface area contributed by atoms with Crippen LogP contribution in [0.4, 0.5) is 18.0 Å². The third-order valence-electron chi connectivity index (χ3n) is 7.05. The van der Waals surface area contributed by atoms with E-state index in [2.05, 4.69) is 10.6 Å². The highest BCUT2D eigenvalue weighted by molar-refractivity contribution is 7.91. The van der Waals surface area contributed by atoms with Gasteiger partial charge in [-0.3, -0.25) is 14.5 Å². The lowest BCUT2D eigenvalue weighted by Gasteiger charge is -2.35. The van der Waals surface area contributed by atoms with Crippen molar-refractivity contribution in [3.05, 3.63) is 62.6 Å². The van der Waals surface area contributed by atoms with Crippen LogP contribution in [-0.2, 0) is 38.6 Å². The quantitative estimate of drug-likeness (QED) is 0.344. The summed E-state index contributed by atoms with van der Waals surface area (Å²) in [5.41, 5.74) is -2.11. The number of benzene rings is 2. The number of carbonyl (C=O) groups is 3. The van der Waals surface area contributed by atoms with E-state index in [-0.39, 0.29) is 95.5 Å². The van der Waals surface area contributed by atoms with E-state index < -0.39 is 39.2 Å². The van der Waals surface area contributed by atoms with Crippen LogP contribution in [0.2, 0.25) is 10.0 Å². The number of hydrogen-bond acceptors (Lipinski definition) is 7. The van der Waals surface area contributed by atoms with E-state index in [9.17, 15) is 36.0 Å². The minimum Gasteiger partial charge on any atom is -0.444 e. The van der Waals surface area contributed by atoms with Crippen LogP contribution >= 0.6 is 23.2 Å². The van der Waals surface area contributed by atoms with Gasteiger partial charge >= 0.3 is 12.3 Å². The molecule has 0 radical (unpaired) electrons. The summed E-state index contributed by atoms with van der Waals surface area (Å²) in [5.74, 6) is -1.29. The molecule has 2 N–H and O–H groups in total. The van der Waals surface area contributed by atoms with Gasteiger partial charge in [0.2, 0.25) is 5.91 Å². The Morgan fingerprint density at radius 3 is 2.22 bits per heavy atom. The zero-order valence-corrected chi connectivity index (χ0v) is 28.2. The Bertz CT molecular complexity index is 1560. The van der Waals surface area contributed by atoms with Crippen molar-refractivity contribution in [3.8, 4) is 0 Å². The second-order valence-electron chi connectivity index (χ2n) is 11.7. The molecule has 3 rings (SSSR count). The van der Waals surface area contributed by atoms with Crippen molar-refractivity contribution in [3.63, 3.8) is 0 Å². The number of sulfone groups is 1. The van der Waals surface area contributed by atoms with Crippen LogP contribution in [0.3, 0.4) is 0 Å². The first-order valence-corrected chi connectivity index (χ1v) is 16.9. The monoisotopic (exact) mass is 708 g/mol. The average Bonchev–Trinajstić information content (AvgIpc) is 2.95. The highest BCUT2D eigenvalue weighted by atomic mass is 35.5. The lowest BCUT2D eigenvalue weighted by Crippen LogP contribution is -2.49. The molecule has 10 nitrogen and oxygen atoms in total. The minimum atomic E-state index is -4.83. The second-order valence-corrected chi connectivity index (χ2v) is 14.7. The van der Waals surface area contributed by atoms with Crippen LogP contribution in [-0.4, -0.2) is 80.2 Å². The van der Waals surface area contributed by atoms with Gasteiger partial charge in [-0.15, -0.1) is 0 Å². The number of ether oxygens (including phenoxy) is 1. The normalized spacial score (nSPS) is 14.6. The number of nitrogens with one attached hydrogen (secondary N) is 2. The molecular formula is C30H37Cl2F3N4O6S. The number of alkyl halides is 3. The molecule has 46 heavy (non-hydrogen) atoms. The molecule has 254 valence electrons. The Labute approximate surface area is 276 Å². The number of alkyl carbamates (subject to hydrolysis) is 1. The van der Waals surface area contributed by atoms with Crippen LogP contribution in [0.5, 0.6) is 0 Å². The van der Waals surface area contributed by atoms with Gasteiger partial charge in [-0.25, -0.2) is 13.2 Å². The summed E-state index contributed by atoms with van der Waals surface area (Å²) in [6.45, 7) is 7.33. The van der Waals surface area contributed by atoms with E-state index in [0.29, 0.717) is 0 Å². The van der Waals surface area contributed by atoms with Crippen LogP contribution < -0.4 is 10.6 Å². The van der Waals surface area contributed by atoms with Gasteiger partial charge in [0.25, 0.3) is 5.91 Å². The molecule has 2 aromatic rings. The third-order valence-corrected chi connectivity index (χ3v) is 9.45. The zero-order chi connectivity index (χ0) is 34.4. The van der Waals surface area contributed by atoms with Crippen molar-refractivity contribution in [2.75, 3.05) is 38.5 Å². The topological polar surface area (TPSA) is 125 Å². The maximum absolute atomic E-state index is 14.2. The molecule has 1 saturated heterocycles. The first-order valence-electron chi connectivity index (χ1n) is 14.5. The molecule has 0 spiro atoms. The molecule has 1 aliphatic rings. The van der Waals surface area contributed by atoms with Crippen LogP contribution in [0.15, 0.2) is 35.2 Å². The van der Waals surface area contributed by atoms with Crippen molar-refractivity contribution in [2.24, 2.45) is 0 Å². The summed E-state index contributed by atoms with van der Waals surface area (Å²) in [6.07, 6.45) is -5.42. The molecule has 0 aromatic heterocycles. The largest absolute Gasteiger partial charge is 0.444 e. The summed E-state index contributed by atoms with van der Waals surface area (Å²) in [6, 6.07) is 5.94. The summed E-state index contributed by atoms with van der Waals surface area (Å²) >= 11 is 12.3. The fourth-order valence-electron chi connectivity index (χ4n) is 4.73. The van der Waals surface area contributed by atoms with Crippen LogP contribution in [0, 0.1) is 0 Å². The lowest BCUT2D eigenvalue weighted by molar-refractivity contribution is -0.138. The van der Waals surface area contributed by atoms with Gasteiger partial charge in [0.15, 0.2) is 9.84 Å². The van der Waals surface area contributed by atoms with Gasteiger partial charge in [0.05, 0.1) is 16.2 Å². The predicted molar refractivity (Wildman–Crippen MR) is 168 cm³/mol. The van der Waals surface area contributed by atoms with Crippen LogP contribution in [0.1, 0.15) is 61.2 Å². The summed E-state index contributed by atoms with van der Waals surface area (Å²) < 4.78 is 72.6. The number of carbonyl (C=O) groups excluding carboxylic acids is 3. The van der Waals surface area contributed by atoms with E-state index in [1.165, 1.54) is 25.1 Å². The first kappa shape index (κ1) is 37.4. The van der Waals surface area contributed by atoms with Crippen molar-refractivity contribution in [2.45, 2.75) is 63.9 Å². The number of nitrogens with zero attached hydrogens (tertiary/aromatic N) is 2. The Morgan fingerprint density at radius 2 is 1.63 bits per heavy atom. The standard InChI is InChI=1S/C30H37Cl2F3N4O6S/c1-5-46(43,44)25-7-6-21(31)14-20(25)17-37-27(41)19-15-23(30(33,34)35)22(24(32)16-19)18-38-10-12-39(13-11-38)26(40)8-9-36-28(42)45-29(2,3)4/h6-7,14-16H,5,8-13,17-18H2,1-4H3,(H,36,42)(H,37,41). The number of piperazine rings is 1. The molecule has 3 amide bonds. The van der Waals surface area contributed by atoms with E-state index in [1.54, 1.807) is 30.6 Å². The van der Waals surface area contributed by atoms with Crippen molar-refractivity contribution >= 4 is 50.9 Å². The average molecular weight is 710 g/mol. The maximum atomic E-state index is 14.2. The van der Waals surface area contributed by atoms with E-state index in [4.69, 9.17) is 27.9 Å². The molecule has 0 atom stereocenters. The minimum absolute atomic E-state index is 0.0386. The Balaban J connectivity index is 1.66. The number of hydrogen-bond donors (Lipinski definition) is 2. The number of amides is 3. The highest BCUT2D eigenvalue weighted by Crippen LogP contribution is 2.37. The Hall–Kier alpha value is -3.07. The molecule has 1 fully saturated rings. The molecule has 0 aliphatic carbocycles. The van der Waals surface area contributed by atoms with Gasteiger partial charge in [0.1, 0.15) is 5.60 Å². The maximum Gasteiger partial charge on any atom is 0.416 e. The SMILES string of the molecule is CCS(=O)(=O)c1ccc(Cl)cc1CNC(=O)c1cc(Cl)c(CN2CCN(C(=O)CCNC(=O)OC(C)(C)C)CC2)c(C(F)(F)F)c1. The molecular weight excluding hydrogens is 672 g/mol. The van der Waals surface area contributed by atoms with E-state index >= 15 is 0 Å². The molecule has 16 heteroatoms. The summed E-state index contributed by atoms with van der Waals surface area (Å²) in [5, 5.41) is 4.95. The number of rotatable bonds is 10. The van der Waals surface area contributed by atoms with Crippen LogP contribution in [0.25, 0.3) is 0 Å². The lowest BCUT2D eigenvalue weighted by atomic mass is 10.0. The third kappa shape index (κ3) is 10.5. The summed E-state index contributed by atoms with van der Waals surface area (Å²) in [7, 11) is -3.66. The van der Waals surface area contributed by atoms with Gasteiger partial charge < -0.3 is 20.3 Å². The summed E-state index contributed by atoms with van der Waals surface area (Å²) in [4.78, 5) is 40.6. The molecule has 0 unspecified atom stereocenters. The second kappa shape index (κ2) is 15.2. The number of halogens is 5. The van der Waals surface area contributed by atoms with Gasteiger partial charge in [-0.1, -0.05) is 30.1 Å². The molecule has 2 aromatic carbocycles. The first-order chi connectivity index (χ1) is 21.3. The van der Waals surface area contributed by atoms with Crippen molar-refractivity contribution < 1.29 is 40.7 Å². The van der Waals surface area contributed by atoms with Crippen molar-refractivity contribution in [1.82, 2.24) is 20.4 Å². The predicted octanol–water partition coefficient (Wildman–Crippen LogP) is 5.29. The Morgan fingerprint density at radius 1 is 0.978 bits per heavy atom. The van der Waals surface area contributed by atoms with Gasteiger partial charge in [-0.2, -0.15) is 13.2 Å². The molecule has 1 aliphatic heterocycles. The van der Waals surface area contributed by atoms with E-state index in [0.717, 1.165) is 12.1 Å². The van der Waals surface area contributed by atoms with Gasteiger partial charge in [-0.05, 0) is 62.2 Å². The smallest absolute Gasteiger partial charge is 0.416 e. The fraction of sp³-hybridized carbons (Fsp3) is 0.500. The van der Waals surface area contributed by atoms with Gasteiger partial charge in [0, 0.05) is 67.8 Å². The highest BCUT2D eigenvalue weighted by Gasteiger charge is 2.36. The van der Waals surface area contributed by atoms with E-state index in [1.807, 2.05) is 0 Å². The zero-order valence-electron chi connectivity index (χ0n) is 25.9. The molecule has 0 bridgehead atoms. The fourth-order valence-corrected chi connectivity index (χ4v) is 6.32. The Kier molecular flexibility index (Phi) is 12.4. The molecule has 0 saturated carbocycles. The molecule has 1 heterocycles. The van der Waals surface area contributed by atoms with Crippen molar-refractivity contribution in [1.29, 1.82) is 0 Å².